The number of hydrogen-bond donors (Lipinski definition) is 3. The summed E-state index contributed by atoms with van der Waals surface area (Å²) in [5.74, 6) is 0. The summed E-state index contributed by atoms with van der Waals surface area (Å²) >= 11 is 10.7. The average molecular weight is 285 g/mol. The van der Waals surface area contributed by atoms with E-state index in [1.807, 2.05) is 0 Å². The zero-order valence-corrected chi connectivity index (χ0v) is 11.1. The largest absolute Gasteiger partial charge is 0.358 e. The summed E-state index contributed by atoms with van der Waals surface area (Å²) in [5, 5.41) is 4.86. The summed E-state index contributed by atoms with van der Waals surface area (Å²) in [7, 11) is 0. The van der Waals surface area contributed by atoms with Gasteiger partial charge in [0, 0.05) is 11.6 Å². The van der Waals surface area contributed by atoms with Crippen molar-refractivity contribution in [2.45, 2.75) is 0 Å². The molecule has 0 atom stereocenters. The molecule has 7 heteroatoms. The van der Waals surface area contributed by atoms with Gasteiger partial charge in [-0.2, -0.15) is 5.12 Å². The molecule has 0 saturated carbocycles. The maximum atomic E-state index is 10.9. The molecule has 0 saturated heterocycles. The van der Waals surface area contributed by atoms with E-state index < -0.39 is 0 Å². The highest BCUT2D eigenvalue weighted by molar-refractivity contribution is 7.80. The van der Waals surface area contributed by atoms with Crippen LogP contribution in [-0.4, -0.2) is 23.2 Å². The van der Waals surface area contributed by atoms with Crippen LogP contribution in [0.3, 0.4) is 0 Å². The number of hydrazine groups is 2. The predicted octanol–water partition coefficient (Wildman–Crippen LogP) is 1.69. The zero-order valence-electron chi connectivity index (χ0n) is 9.52. The van der Waals surface area contributed by atoms with Gasteiger partial charge in [0.05, 0.1) is 5.69 Å². The molecule has 0 aliphatic carbocycles. The first-order chi connectivity index (χ1) is 8.65. The monoisotopic (exact) mass is 284 g/mol. The number of amides is 1. The molecular weight excluding hydrogens is 272 g/mol. The molecule has 18 heavy (non-hydrogen) atoms. The van der Waals surface area contributed by atoms with E-state index in [9.17, 15) is 4.79 Å². The van der Waals surface area contributed by atoms with Crippen LogP contribution in [0, 0.1) is 0 Å². The number of nitrogens with one attached hydrogen (secondary N) is 3. The van der Waals surface area contributed by atoms with Crippen LogP contribution in [-0.2, 0) is 4.79 Å². The molecule has 0 unspecified atom stereocenters. The van der Waals surface area contributed by atoms with Crippen LogP contribution in [0.25, 0.3) is 0 Å². The van der Waals surface area contributed by atoms with E-state index in [4.69, 9.17) is 23.8 Å². The highest BCUT2D eigenvalue weighted by Crippen LogP contribution is 2.13. The van der Waals surface area contributed by atoms with Gasteiger partial charge in [0.1, 0.15) is 0 Å². The van der Waals surface area contributed by atoms with Crippen molar-refractivity contribution < 1.29 is 4.79 Å². The third-order valence-corrected chi connectivity index (χ3v) is 2.32. The van der Waals surface area contributed by atoms with Crippen molar-refractivity contribution in [1.82, 2.24) is 15.9 Å². The molecule has 5 nitrogen and oxygen atoms in total. The molecule has 0 aliphatic heterocycles. The van der Waals surface area contributed by atoms with Gasteiger partial charge in [0.2, 0.25) is 6.41 Å². The fourth-order valence-electron chi connectivity index (χ4n) is 1.06. The summed E-state index contributed by atoms with van der Waals surface area (Å²) in [6, 6.07) is 6.89. The van der Waals surface area contributed by atoms with E-state index in [0.29, 0.717) is 28.8 Å². The zero-order chi connectivity index (χ0) is 13.4. The summed E-state index contributed by atoms with van der Waals surface area (Å²) in [6.45, 7) is 4.06. The minimum absolute atomic E-state index is 0.309. The molecule has 1 aromatic rings. The quantitative estimate of drug-likeness (QED) is 0.321. The fraction of sp³-hybridized carbons (Fsp3) is 0.0909. The van der Waals surface area contributed by atoms with Crippen molar-refractivity contribution in [2.75, 3.05) is 12.0 Å². The fourth-order valence-corrected chi connectivity index (χ4v) is 1.37. The van der Waals surface area contributed by atoms with E-state index in [2.05, 4.69) is 22.7 Å². The number of halogens is 1. The lowest BCUT2D eigenvalue weighted by molar-refractivity contribution is -0.118. The van der Waals surface area contributed by atoms with Gasteiger partial charge in [0.15, 0.2) is 5.11 Å². The normalized spacial score (nSPS) is 9.17. The van der Waals surface area contributed by atoms with Gasteiger partial charge in [-0.1, -0.05) is 17.7 Å². The number of carbonyl (C=O) groups is 1. The number of rotatable bonds is 6. The molecule has 0 aliphatic rings. The van der Waals surface area contributed by atoms with Crippen LogP contribution in [0.1, 0.15) is 0 Å². The van der Waals surface area contributed by atoms with Crippen molar-refractivity contribution in [3.05, 3.63) is 41.9 Å². The van der Waals surface area contributed by atoms with Gasteiger partial charge in [-0.3, -0.25) is 15.6 Å². The van der Waals surface area contributed by atoms with Crippen LogP contribution < -0.4 is 16.2 Å². The third kappa shape index (κ3) is 5.03. The van der Waals surface area contributed by atoms with Crippen molar-refractivity contribution in [3.8, 4) is 0 Å². The molecular formula is C11H13ClN4OS. The lowest BCUT2D eigenvalue weighted by atomic mass is 10.3. The maximum Gasteiger partial charge on any atom is 0.248 e. The highest BCUT2D eigenvalue weighted by Gasteiger charge is 2.03. The van der Waals surface area contributed by atoms with Crippen LogP contribution >= 0.6 is 23.8 Å². The first-order valence-corrected chi connectivity index (χ1v) is 5.86. The molecule has 0 heterocycles. The van der Waals surface area contributed by atoms with Crippen molar-refractivity contribution in [2.24, 2.45) is 0 Å². The second kappa shape index (κ2) is 7.52. The Morgan fingerprint density at radius 3 is 2.67 bits per heavy atom. The highest BCUT2D eigenvalue weighted by atomic mass is 35.5. The lowest BCUT2D eigenvalue weighted by Gasteiger charge is -2.21. The SMILES string of the molecule is C=CCNC(=S)NN(C=O)Nc1ccc(Cl)cc1. The number of carbonyl (C=O) groups excluding carboxylic acids is 1. The first kappa shape index (κ1) is 14.3. The number of nitrogens with zero attached hydrogens (tertiary/aromatic N) is 1. The second-order valence-electron chi connectivity index (χ2n) is 3.20. The van der Waals surface area contributed by atoms with Crippen molar-refractivity contribution in [3.63, 3.8) is 0 Å². The van der Waals surface area contributed by atoms with Crippen LogP contribution in [0.15, 0.2) is 36.9 Å². The van der Waals surface area contributed by atoms with E-state index in [1.165, 1.54) is 0 Å². The third-order valence-electron chi connectivity index (χ3n) is 1.83. The molecule has 1 amide bonds. The smallest absolute Gasteiger partial charge is 0.248 e. The Morgan fingerprint density at radius 2 is 2.11 bits per heavy atom. The molecule has 0 bridgehead atoms. The van der Waals surface area contributed by atoms with Gasteiger partial charge in [-0.15, -0.1) is 6.58 Å². The number of anilines is 1. The topological polar surface area (TPSA) is 56.4 Å². The molecule has 0 radical (unpaired) electrons. The Labute approximate surface area is 116 Å². The Bertz CT molecular complexity index is 424. The first-order valence-electron chi connectivity index (χ1n) is 5.08. The van der Waals surface area contributed by atoms with Crippen molar-refractivity contribution >= 4 is 41.0 Å². The molecule has 0 spiro atoms. The summed E-state index contributed by atoms with van der Waals surface area (Å²) in [5.41, 5.74) is 6.16. The van der Waals surface area contributed by atoms with Gasteiger partial charge < -0.3 is 5.32 Å². The predicted molar refractivity (Wildman–Crippen MR) is 76.9 cm³/mol. The van der Waals surface area contributed by atoms with E-state index in [0.717, 1.165) is 5.12 Å². The molecule has 3 N–H and O–H groups in total. The van der Waals surface area contributed by atoms with Crippen LogP contribution in [0.2, 0.25) is 5.02 Å². The standard InChI is InChI=1S/C11H13ClN4OS/c1-2-7-13-11(18)15-16(8-17)14-10-5-3-9(12)4-6-10/h2-6,8,14H,1,7H2,(H2,13,15,18). The number of hydrogen-bond acceptors (Lipinski definition) is 3. The molecule has 0 fully saturated rings. The minimum Gasteiger partial charge on any atom is -0.358 e. The van der Waals surface area contributed by atoms with Gasteiger partial charge in [-0.25, -0.2) is 0 Å². The van der Waals surface area contributed by atoms with Gasteiger partial charge >= 0.3 is 0 Å². The van der Waals surface area contributed by atoms with Crippen LogP contribution in [0.5, 0.6) is 0 Å². The lowest BCUT2D eigenvalue weighted by Crippen LogP contribution is -2.49. The van der Waals surface area contributed by atoms with E-state index in [-0.39, 0.29) is 0 Å². The molecule has 1 rings (SSSR count). The summed E-state index contributed by atoms with van der Waals surface area (Å²) in [6.07, 6.45) is 2.22. The Hall–Kier alpha value is -1.79. The Morgan fingerprint density at radius 1 is 1.44 bits per heavy atom. The number of thiocarbonyl (C=S) groups is 1. The Kier molecular flexibility index (Phi) is 5.96. The van der Waals surface area contributed by atoms with E-state index in [1.54, 1.807) is 30.3 Å². The number of benzene rings is 1. The van der Waals surface area contributed by atoms with Crippen LogP contribution in [0.4, 0.5) is 5.69 Å². The molecule has 96 valence electrons. The molecule has 0 aromatic heterocycles. The average Bonchev–Trinajstić information content (AvgIpc) is 2.38. The van der Waals surface area contributed by atoms with E-state index >= 15 is 0 Å². The maximum absolute atomic E-state index is 10.9. The van der Waals surface area contributed by atoms with Crippen molar-refractivity contribution in [1.29, 1.82) is 0 Å². The summed E-state index contributed by atoms with van der Waals surface area (Å²) in [4.78, 5) is 10.9. The van der Waals surface area contributed by atoms with Gasteiger partial charge in [0.25, 0.3) is 0 Å². The van der Waals surface area contributed by atoms with Gasteiger partial charge in [-0.05, 0) is 36.5 Å². The minimum atomic E-state index is 0.309. The summed E-state index contributed by atoms with van der Waals surface area (Å²) < 4.78 is 0. The Balaban J connectivity index is 2.51. The second-order valence-corrected chi connectivity index (χ2v) is 4.05. The molecule has 1 aromatic carbocycles.